The first kappa shape index (κ1) is 14.1. The summed E-state index contributed by atoms with van der Waals surface area (Å²) in [5.41, 5.74) is 1.42. The quantitative estimate of drug-likeness (QED) is 0.552. The van der Waals surface area contributed by atoms with Gasteiger partial charge in [0, 0.05) is 4.47 Å². The molecule has 0 N–H and O–H groups in total. The van der Waals surface area contributed by atoms with E-state index in [4.69, 9.17) is 34.8 Å². The molecule has 1 unspecified atom stereocenters. The number of hydrogen-bond donors (Lipinski definition) is 0. The summed E-state index contributed by atoms with van der Waals surface area (Å²) in [7, 11) is 0. The van der Waals surface area contributed by atoms with Crippen molar-refractivity contribution in [2.45, 2.75) is 5.38 Å². The third-order valence-electron chi connectivity index (χ3n) is 2.41. The summed E-state index contributed by atoms with van der Waals surface area (Å²) in [5.74, 6) is -0.343. The SMILES string of the molecule is Fc1cc(Br)cc(C(Cl)c2ccc(Cl)c(Cl)c2)c1. The van der Waals surface area contributed by atoms with E-state index in [-0.39, 0.29) is 5.82 Å². The van der Waals surface area contributed by atoms with Gasteiger partial charge in [-0.2, -0.15) is 0 Å². The second kappa shape index (κ2) is 5.79. The van der Waals surface area contributed by atoms with E-state index in [2.05, 4.69) is 15.9 Å². The summed E-state index contributed by atoms with van der Waals surface area (Å²) in [5, 5.41) is 0.409. The van der Waals surface area contributed by atoms with Gasteiger partial charge in [0.15, 0.2) is 0 Å². The molecule has 0 nitrogen and oxygen atoms in total. The van der Waals surface area contributed by atoms with Crippen LogP contribution in [0.1, 0.15) is 16.5 Å². The molecule has 0 radical (unpaired) electrons. The van der Waals surface area contributed by atoms with Gasteiger partial charge in [-0.15, -0.1) is 11.6 Å². The second-order valence-electron chi connectivity index (χ2n) is 3.74. The van der Waals surface area contributed by atoms with Crippen LogP contribution in [0.3, 0.4) is 0 Å². The molecule has 0 aromatic heterocycles. The van der Waals surface area contributed by atoms with Crippen molar-refractivity contribution in [2.75, 3.05) is 0 Å². The van der Waals surface area contributed by atoms with Crippen molar-refractivity contribution < 1.29 is 4.39 Å². The van der Waals surface area contributed by atoms with Crippen LogP contribution in [0, 0.1) is 5.82 Å². The topological polar surface area (TPSA) is 0 Å². The van der Waals surface area contributed by atoms with Crippen LogP contribution in [0.15, 0.2) is 40.9 Å². The summed E-state index contributed by atoms with van der Waals surface area (Å²) in [6.45, 7) is 0. The molecule has 0 saturated heterocycles. The van der Waals surface area contributed by atoms with E-state index in [1.54, 1.807) is 24.3 Å². The number of alkyl halides is 1. The average molecular weight is 368 g/mol. The van der Waals surface area contributed by atoms with Crippen molar-refractivity contribution in [1.82, 2.24) is 0 Å². The highest BCUT2D eigenvalue weighted by atomic mass is 79.9. The van der Waals surface area contributed by atoms with Gasteiger partial charge >= 0.3 is 0 Å². The van der Waals surface area contributed by atoms with Crippen LogP contribution in [-0.4, -0.2) is 0 Å². The van der Waals surface area contributed by atoms with Crippen LogP contribution in [0.2, 0.25) is 10.0 Å². The molecule has 2 rings (SSSR count). The minimum atomic E-state index is -0.480. The van der Waals surface area contributed by atoms with Gasteiger partial charge in [0.2, 0.25) is 0 Å². The van der Waals surface area contributed by atoms with Crippen LogP contribution in [-0.2, 0) is 0 Å². The molecule has 5 heteroatoms. The van der Waals surface area contributed by atoms with Crippen molar-refractivity contribution in [3.8, 4) is 0 Å². The fourth-order valence-electron chi connectivity index (χ4n) is 1.58. The molecule has 0 spiro atoms. The van der Waals surface area contributed by atoms with Crippen LogP contribution in [0.5, 0.6) is 0 Å². The molecular formula is C13H7BrCl3F. The van der Waals surface area contributed by atoms with E-state index >= 15 is 0 Å². The smallest absolute Gasteiger partial charge is 0.124 e. The maximum absolute atomic E-state index is 13.3. The van der Waals surface area contributed by atoms with E-state index < -0.39 is 5.38 Å². The number of halogens is 5. The second-order valence-corrected chi connectivity index (χ2v) is 5.91. The van der Waals surface area contributed by atoms with Gasteiger partial charge in [0.25, 0.3) is 0 Å². The molecule has 0 aliphatic heterocycles. The van der Waals surface area contributed by atoms with Crippen molar-refractivity contribution in [3.63, 3.8) is 0 Å². The van der Waals surface area contributed by atoms with Crippen molar-refractivity contribution in [1.29, 1.82) is 0 Å². The Morgan fingerprint density at radius 3 is 2.28 bits per heavy atom. The van der Waals surface area contributed by atoms with Crippen LogP contribution >= 0.6 is 50.7 Å². The molecule has 18 heavy (non-hydrogen) atoms. The molecule has 2 aromatic rings. The molecular weight excluding hydrogens is 361 g/mol. The normalized spacial score (nSPS) is 12.5. The Labute approximate surface area is 128 Å². The van der Waals surface area contributed by atoms with Gasteiger partial charge in [0.1, 0.15) is 5.82 Å². The molecule has 2 aromatic carbocycles. The van der Waals surface area contributed by atoms with Crippen molar-refractivity contribution in [3.05, 3.63) is 67.9 Å². The molecule has 0 saturated carbocycles. The lowest BCUT2D eigenvalue weighted by atomic mass is 10.0. The van der Waals surface area contributed by atoms with Crippen LogP contribution in [0.25, 0.3) is 0 Å². The zero-order valence-electron chi connectivity index (χ0n) is 8.93. The van der Waals surface area contributed by atoms with E-state index in [0.717, 1.165) is 5.56 Å². The van der Waals surface area contributed by atoms with Gasteiger partial charge in [-0.25, -0.2) is 4.39 Å². The van der Waals surface area contributed by atoms with E-state index in [9.17, 15) is 4.39 Å². The average Bonchev–Trinajstić information content (AvgIpc) is 2.30. The Balaban J connectivity index is 2.40. The molecule has 0 aliphatic rings. The molecule has 0 fully saturated rings. The third-order valence-corrected chi connectivity index (χ3v) is 4.11. The first-order valence-corrected chi connectivity index (χ1v) is 7.01. The summed E-state index contributed by atoms with van der Waals surface area (Å²) in [6, 6.07) is 9.66. The summed E-state index contributed by atoms with van der Waals surface area (Å²) >= 11 is 21.3. The monoisotopic (exact) mass is 366 g/mol. The summed E-state index contributed by atoms with van der Waals surface area (Å²) in [6.07, 6.45) is 0. The molecule has 0 bridgehead atoms. The minimum Gasteiger partial charge on any atom is -0.207 e. The lowest BCUT2D eigenvalue weighted by Gasteiger charge is -2.12. The Morgan fingerprint density at radius 2 is 1.67 bits per heavy atom. The Morgan fingerprint density at radius 1 is 0.944 bits per heavy atom. The maximum atomic E-state index is 13.3. The zero-order valence-corrected chi connectivity index (χ0v) is 12.8. The van der Waals surface area contributed by atoms with Crippen LogP contribution in [0.4, 0.5) is 4.39 Å². The maximum Gasteiger partial charge on any atom is 0.124 e. The number of rotatable bonds is 2. The number of hydrogen-bond acceptors (Lipinski definition) is 0. The molecule has 1 atom stereocenters. The first-order valence-electron chi connectivity index (χ1n) is 5.02. The Hall–Kier alpha value is -0.280. The van der Waals surface area contributed by atoms with Crippen molar-refractivity contribution in [2.24, 2.45) is 0 Å². The van der Waals surface area contributed by atoms with E-state index in [1.165, 1.54) is 12.1 Å². The summed E-state index contributed by atoms with van der Waals surface area (Å²) < 4.78 is 14.0. The third kappa shape index (κ3) is 3.18. The summed E-state index contributed by atoms with van der Waals surface area (Å²) in [4.78, 5) is 0. The van der Waals surface area contributed by atoms with Gasteiger partial charge in [-0.1, -0.05) is 45.2 Å². The molecule has 0 heterocycles. The largest absolute Gasteiger partial charge is 0.207 e. The van der Waals surface area contributed by atoms with Crippen LogP contribution < -0.4 is 0 Å². The number of benzene rings is 2. The fraction of sp³-hybridized carbons (Fsp3) is 0.0769. The molecule has 0 amide bonds. The van der Waals surface area contributed by atoms with E-state index in [1.807, 2.05) is 0 Å². The highest BCUT2D eigenvalue weighted by Gasteiger charge is 2.14. The minimum absolute atomic E-state index is 0.343. The zero-order chi connectivity index (χ0) is 13.3. The highest BCUT2D eigenvalue weighted by Crippen LogP contribution is 2.34. The lowest BCUT2D eigenvalue weighted by molar-refractivity contribution is 0.625. The Bertz CT molecular complexity index is 566. The standard InChI is InChI=1S/C13H7BrCl3F/c14-9-3-8(4-10(18)6-9)13(17)7-1-2-11(15)12(16)5-7/h1-6,13H. The molecule has 0 aliphatic carbocycles. The highest BCUT2D eigenvalue weighted by molar-refractivity contribution is 9.10. The van der Waals surface area contributed by atoms with Crippen molar-refractivity contribution >= 4 is 50.7 Å². The molecule has 94 valence electrons. The first-order chi connectivity index (χ1) is 8.47. The van der Waals surface area contributed by atoms with Gasteiger partial charge in [-0.05, 0) is 41.5 Å². The predicted octanol–water partition coefficient (Wildman–Crippen LogP) is 6.22. The lowest BCUT2D eigenvalue weighted by Crippen LogP contribution is -1.94. The Kier molecular flexibility index (Phi) is 4.54. The van der Waals surface area contributed by atoms with Gasteiger partial charge in [-0.3, -0.25) is 0 Å². The predicted molar refractivity (Wildman–Crippen MR) is 78.3 cm³/mol. The van der Waals surface area contributed by atoms with Gasteiger partial charge < -0.3 is 0 Å². The fourth-order valence-corrected chi connectivity index (χ4v) is 2.64. The van der Waals surface area contributed by atoms with Gasteiger partial charge in [0.05, 0.1) is 15.4 Å². The van der Waals surface area contributed by atoms with E-state index in [0.29, 0.717) is 20.1 Å².